The third-order valence-electron chi connectivity index (χ3n) is 4.89. The highest BCUT2D eigenvalue weighted by molar-refractivity contribution is 9.10. The molecule has 0 saturated carbocycles. The van der Waals surface area contributed by atoms with E-state index >= 15 is 0 Å². The zero-order valence-electron chi connectivity index (χ0n) is 17.8. The van der Waals surface area contributed by atoms with Crippen molar-refractivity contribution in [3.63, 3.8) is 0 Å². The molecular weight excluding hydrogens is 538 g/mol. The van der Waals surface area contributed by atoms with Gasteiger partial charge in [-0.2, -0.15) is 13.5 Å². The Hall–Kier alpha value is -4.09. The number of nitro benzene ring substituents is 1. The van der Waals surface area contributed by atoms with Gasteiger partial charge in [0, 0.05) is 17.7 Å². The van der Waals surface area contributed by atoms with Crippen LogP contribution in [0.2, 0.25) is 0 Å². The van der Waals surface area contributed by atoms with Crippen molar-refractivity contribution in [3.8, 4) is 5.75 Å². The number of amides is 1. The molecule has 0 unspecified atom stereocenters. The normalized spacial score (nSPS) is 11.5. The molecule has 0 heterocycles. The van der Waals surface area contributed by atoms with Gasteiger partial charge >= 0.3 is 10.1 Å². The Kier molecular flexibility index (Phi) is 6.90. The molecule has 0 aliphatic rings. The van der Waals surface area contributed by atoms with Crippen LogP contribution < -0.4 is 9.61 Å². The molecule has 0 spiro atoms. The molecule has 1 amide bonds. The molecule has 9 nitrogen and oxygen atoms in total. The Labute approximate surface area is 208 Å². The van der Waals surface area contributed by atoms with Gasteiger partial charge in [-0.05, 0) is 62.6 Å². The quantitative estimate of drug-likeness (QED) is 0.148. The first-order valence-corrected chi connectivity index (χ1v) is 12.2. The van der Waals surface area contributed by atoms with Crippen molar-refractivity contribution in [2.75, 3.05) is 0 Å². The fraction of sp³-hybridized carbons (Fsp3) is 0. The molecule has 0 aliphatic heterocycles. The topological polar surface area (TPSA) is 128 Å². The summed E-state index contributed by atoms with van der Waals surface area (Å²) >= 11 is 3.25. The number of hydrogen-bond donors (Lipinski definition) is 1. The molecule has 11 heteroatoms. The van der Waals surface area contributed by atoms with Crippen LogP contribution in [-0.4, -0.2) is 25.5 Å². The van der Waals surface area contributed by atoms with Gasteiger partial charge in [-0.1, -0.05) is 42.5 Å². The molecule has 0 saturated heterocycles. The van der Waals surface area contributed by atoms with Crippen LogP contribution >= 0.6 is 15.9 Å². The average molecular weight is 554 g/mol. The minimum absolute atomic E-state index is 0.0200. The summed E-state index contributed by atoms with van der Waals surface area (Å²) in [5, 5.41) is 16.6. The Bertz CT molecular complexity index is 1580. The number of hydrogen-bond acceptors (Lipinski definition) is 7. The number of carbonyl (C=O) groups is 1. The van der Waals surface area contributed by atoms with Crippen molar-refractivity contribution in [1.29, 1.82) is 0 Å². The number of nitro groups is 1. The second kappa shape index (κ2) is 10.0. The molecular formula is C24H16BrN3O6S. The highest BCUT2D eigenvalue weighted by Crippen LogP contribution is 2.29. The van der Waals surface area contributed by atoms with Crippen molar-refractivity contribution in [1.82, 2.24) is 5.43 Å². The first-order valence-electron chi connectivity index (χ1n) is 10.0. The van der Waals surface area contributed by atoms with Crippen LogP contribution in [-0.2, 0) is 10.1 Å². The van der Waals surface area contributed by atoms with Gasteiger partial charge in [0.25, 0.3) is 11.6 Å². The Morgan fingerprint density at radius 1 is 1.00 bits per heavy atom. The highest BCUT2D eigenvalue weighted by Gasteiger charge is 2.21. The van der Waals surface area contributed by atoms with Crippen LogP contribution in [0.15, 0.2) is 99.4 Å². The van der Waals surface area contributed by atoms with E-state index in [9.17, 15) is 23.3 Å². The number of halogens is 1. The number of carbonyl (C=O) groups excluding carboxylic acids is 1. The van der Waals surface area contributed by atoms with Gasteiger partial charge in [0.05, 0.1) is 15.6 Å². The third kappa shape index (κ3) is 5.53. The van der Waals surface area contributed by atoms with Gasteiger partial charge in [-0.25, -0.2) is 5.43 Å². The SMILES string of the molecule is O=C(N/N=C\c1ccc(OS(=O)(=O)c2cccc([N+](=O)[O-])c2)c(Br)c1)c1cccc2ccccc12. The van der Waals surface area contributed by atoms with Crippen molar-refractivity contribution in [3.05, 3.63) is 111 Å². The van der Waals surface area contributed by atoms with Gasteiger partial charge in [0.15, 0.2) is 5.75 Å². The van der Waals surface area contributed by atoms with E-state index in [2.05, 4.69) is 26.5 Å². The molecule has 176 valence electrons. The van der Waals surface area contributed by atoms with Crippen molar-refractivity contribution in [2.45, 2.75) is 4.90 Å². The lowest BCUT2D eigenvalue weighted by atomic mass is 10.0. The number of benzene rings is 4. The summed E-state index contributed by atoms with van der Waals surface area (Å²) in [5.41, 5.74) is 3.15. The lowest BCUT2D eigenvalue weighted by Crippen LogP contribution is -2.17. The van der Waals surface area contributed by atoms with Crippen LogP contribution in [0.5, 0.6) is 5.75 Å². The maximum absolute atomic E-state index is 12.6. The number of non-ortho nitro benzene ring substituents is 1. The third-order valence-corrected chi connectivity index (χ3v) is 6.74. The summed E-state index contributed by atoms with van der Waals surface area (Å²) in [5.74, 6) is -0.395. The zero-order valence-corrected chi connectivity index (χ0v) is 20.2. The maximum atomic E-state index is 12.6. The molecule has 4 aromatic rings. The Morgan fingerprint density at radius 3 is 2.51 bits per heavy atom. The first kappa shape index (κ1) is 24.0. The Morgan fingerprint density at radius 2 is 1.74 bits per heavy atom. The molecule has 0 fully saturated rings. The van der Waals surface area contributed by atoms with Gasteiger partial charge in [-0.3, -0.25) is 14.9 Å². The van der Waals surface area contributed by atoms with Crippen LogP contribution in [0, 0.1) is 10.1 Å². The fourth-order valence-electron chi connectivity index (χ4n) is 3.23. The summed E-state index contributed by atoms with van der Waals surface area (Å²) < 4.78 is 30.5. The standard InChI is InChI=1S/C24H16BrN3O6S/c25-22-13-16(15-26-27-24(29)21-10-3-6-17-5-1-2-9-20(17)21)11-12-23(22)34-35(32,33)19-8-4-7-18(14-19)28(30)31/h1-15H,(H,27,29)/b26-15-. The lowest BCUT2D eigenvalue weighted by Gasteiger charge is -2.09. The molecule has 0 aliphatic carbocycles. The van der Waals surface area contributed by atoms with E-state index in [0.29, 0.717) is 15.6 Å². The molecule has 0 bridgehead atoms. The van der Waals surface area contributed by atoms with Crippen molar-refractivity contribution >= 4 is 54.6 Å². The van der Waals surface area contributed by atoms with E-state index in [0.717, 1.165) is 16.8 Å². The predicted octanol–water partition coefficient (Wildman–Crippen LogP) is 5.04. The molecule has 35 heavy (non-hydrogen) atoms. The number of fused-ring (bicyclic) bond motifs is 1. The molecule has 4 rings (SSSR count). The first-order chi connectivity index (χ1) is 16.7. The Balaban J connectivity index is 1.47. The summed E-state index contributed by atoms with van der Waals surface area (Å²) in [4.78, 5) is 22.4. The van der Waals surface area contributed by atoms with E-state index < -0.39 is 15.0 Å². The number of nitrogens with one attached hydrogen (secondary N) is 1. The average Bonchev–Trinajstić information content (AvgIpc) is 2.85. The fourth-order valence-corrected chi connectivity index (χ4v) is 4.81. The van der Waals surface area contributed by atoms with Gasteiger partial charge in [0.1, 0.15) is 4.90 Å². The van der Waals surface area contributed by atoms with Gasteiger partial charge in [0.2, 0.25) is 0 Å². The van der Waals surface area contributed by atoms with E-state index in [1.165, 1.54) is 36.5 Å². The number of nitrogens with zero attached hydrogens (tertiary/aromatic N) is 2. The molecule has 0 atom stereocenters. The molecule has 1 N–H and O–H groups in total. The van der Waals surface area contributed by atoms with Crippen LogP contribution in [0.4, 0.5) is 5.69 Å². The van der Waals surface area contributed by atoms with Crippen LogP contribution in [0.1, 0.15) is 15.9 Å². The summed E-state index contributed by atoms with van der Waals surface area (Å²) in [7, 11) is -4.31. The van der Waals surface area contributed by atoms with Crippen molar-refractivity contribution < 1.29 is 22.3 Å². The molecule has 4 aromatic carbocycles. The van der Waals surface area contributed by atoms with Gasteiger partial charge in [-0.15, -0.1) is 0 Å². The predicted molar refractivity (Wildman–Crippen MR) is 134 cm³/mol. The van der Waals surface area contributed by atoms with E-state index in [4.69, 9.17) is 4.18 Å². The second-order valence-corrected chi connectivity index (χ2v) is 9.61. The maximum Gasteiger partial charge on any atom is 0.339 e. The number of hydrazone groups is 1. The van der Waals surface area contributed by atoms with E-state index in [1.54, 1.807) is 18.2 Å². The van der Waals surface area contributed by atoms with Crippen LogP contribution in [0.3, 0.4) is 0 Å². The minimum atomic E-state index is -4.31. The zero-order chi connectivity index (χ0) is 25.0. The van der Waals surface area contributed by atoms with Crippen LogP contribution in [0.25, 0.3) is 10.8 Å². The van der Waals surface area contributed by atoms with Crippen molar-refractivity contribution in [2.24, 2.45) is 5.10 Å². The smallest absolute Gasteiger partial charge is 0.339 e. The van der Waals surface area contributed by atoms with E-state index in [1.807, 2.05) is 30.3 Å². The minimum Gasteiger partial charge on any atom is -0.378 e. The monoisotopic (exact) mass is 553 g/mol. The van der Waals surface area contributed by atoms with E-state index in [-0.39, 0.29) is 22.2 Å². The summed E-state index contributed by atoms with van der Waals surface area (Å²) in [6.07, 6.45) is 1.40. The largest absolute Gasteiger partial charge is 0.378 e. The highest BCUT2D eigenvalue weighted by atomic mass is 79.9. The lowest BCUT2D eigenvalue weighted by molar-refractivity contribution is -0.385. The molecule has 0 radical (unpaired) electrons. The van der Waals surface area contributed by atoms with Gasteiger partial charge < -0.3 is 4.18 Å². The molecule has 0 aromatic heterocycles. The summed E-state index contributed by atoms with van der Waals surface area (Å²) in [6.45, 7) is 0. The second-order valence-electron chi connectivity index (χ2n) is 7.21. The summed E-state index contributed by atoms with van der Waals surface area (Å²) in [6, 6.07) is 22.0. The number of rotatable bonds is 7.